The smallest absolute Gasteiger partial charge is 0.417 e. The van der Waals surface area contributed by atoms with Crippen LogP contribution in [0.5, 0.6) is 11.6 Å². The van der Waals surface area contributed by atoms with Crippen molar-refractivity contribution < 1.29 is 22.3 Å². The first-order chi connectivity index (χ1) is 8.45. The maximum Gasteiger partial charge on any atom is 0.417 e. The Morgan fingerprint density at radius 3 is 2.11 bits per heavy atom. The van der Waals surface area contributed by atoms with Crippen LogP contribution in [0.25, 0.3) is 0 Å². The maximum absolute atomic E-state index is 12.6. The van der Waals surface area contributed by atoms with Gasteiger partial charge in [0.25, 0.3) is 0 Å². The van der Waals surface area contributed by atoms with Crippen LogP contribution in [0.1, 0.15) is 5.56 Å². The Hall–Kier alpha value is -2.11. The van der Waals surface area contributed by atoms with Crippen molar-refractivity contribution in [2.24, 2.45) is 0 Å². The molecule has 6 heteroatoms. The van der Waals surface area contributed by atoms with Crippen molar-refractivity contribution >= 4 is 0 Å². The van der Waals surface area contributed by atoms with Crippen LogP contribution in [0.2, 0.25) is 0 Å². The molecule has 0 N–H and O–H groups in total. The second-order valence-corrected chi connectivity index (χ2v) is 3.44. The van der Waals surface area contributed by atoms with Crippen LogP contribution in [0.15, 0.2) is 42.6 Å². The quantitative estimate of drug-likeness (QED) is 0.758. The van der Waals surface area contributed by atoms with Gasteiger partial charge in [-0.3, -0.25) is 0 Å². The summed E-state index contributed by atoms with van der Waals surface area (Å²) < 4.78 is 54.6. The number of halogens is 4. The Morgan fingerprint density at radius 1 is 0.944 bits per heavy atom. The minimum Gasteiger partial charge on any atom is -0.439 e. The van der Waals surface area contributed by atoms with Crippen LogP contribution >= 0.6 is 0 Å². The summed E-state index contributed by atoms with van der Waals surface area (Å²) in [5.74, 6) is -0.124. The fourth-order valence-electron chi connectivity index (χ4n) is 1.23. The molecule has 1 heterocycles. The third kappa shape index (κ3) is 2.97. The number of pyridine rings is 1. The zero-order valence-electron chi connectivity index (χ0n) is 8.91. The van der Waals surface area contributed by atoms with E-state index in [-0.39, 0.29) is 5.88 Å². The number of hydrogen-bond acceptors (Lipinski definition) is 2. The first kappa shape index (κ1) is 12.3. The Bertz CT molecular complexity index is 519. The number of hydrogen-bond donors (Lipinski definition) is 0. The molecule has 0 saturated heterocycles. The minimum absolute atomic E-state index is 0.00890. The molecule has 0 unspecified atom stereocenters. The summed E-state index contributed by atoms with van der Waals surface area (Å²) in [5.41, 5.74) is -0.853. The van der Waals surface area contributed by atoms with Gasteiger partial charge < -0.3 is 4.74 Å². The van der Waals surface area contributed by atoms with Gasteiger partial charge >= 0.3 is 6.18 Å². The number of benzene rings is 1. The number of ether oxygens (including phenoxy) is 1. The molecule has 94 valence electrons. The third-order valence-electron chi connectivity index (χ3n) is 2.10. The molecule has 0 fully saturated rings. The second kappa shape index (κ2) is 4.64. The molecular weight excluding hydrogens is 250 g/mol. The summed E-state index contributed by atoms with van der Waals surface area (Å²) >= 11 is 0. The van der Waals surface area contributed by atoms with E-state index < -0.39 is 17.6 Å². The van der Waals surface area contributed by atoms with E-state index in [0.29, 0.717) is 11.9 Å². The van der Waals surface area contributed by atoms with Gasteiger partial charge in [-0.25, -0.2) is 9.37 Å². The fourth-order valence-corrected chi connectivity index (χ4v) is 1.23. The molecule has 1 aromatic heterocycles. The van der Waals surface area contributed by atoms with Gasteiger partial charge in [0.05, 0.1) is 5.56 Å². The van der Waals surface area contributed by atoms with Gasteiger partial charge in [-0.15, -0.1) is 0 Å². The predicted molar refractivity (Wildman–Crippen MR) is 55.7 cm³/mol. The molecule has 1 aromatic carbocycles. The van der Waals surface area contributed by atoms with Gasteiger partial charge in [-0.2, -0.15) is 13.2 Å². The van der Waals surface area contributed by atoms with Crippen LogP contribution in [0.3, 0.4) is 0 Å². The summed E-state index contributed by atoms with van der Waals surface area (Å²) in [7, 11) is 0. The molecule has 0 aliphatic rings. The lowest BCUT2D eigenvalue weighted by molar-refractivity contribution is -0.137. The number of alkyl halides is 3. The lowest BCUT2D eigenvalue weighted by atomic mass is 10.3. The summed E-state index contributed by atoms with van der Waals surface area (Å²) in [6, 6.07) is 7.04. The first-order valence-corrected chi connectivity index (χ1v) is 4.92. The van der Waals surface area contributed by atoms with E-state index in [9.17, 15) is 17.6 Å². The van der Waals surface area contributed by atoms with Crippen LogP contribution in [0.4, 0.5) is 17.6 Å². The van der Waals surface area contributed by atoms with E-state index in [0.717, 1.165) is 12.1 Å². The molecule has 0 radical (unpaired) electrons. The third-order valence-corrected chi connectivity index (χ3v) is 2.10. The molecule has 0 aliphatic heterocycles. The number of nitrogens with zero attached hydrogens (tertiary/aromatic N) is 1. The predicted octanol–water partition coefficient (Wildman–Crippen LogP) is 4.03. The molecular formula is C12H7F4NO. The average molecular weight is 257 g/mol. The Balaban J connectivity index is 2.13. The number of aromatic nitrogens is 1. The van der Waals surface area contributed by atoms with Gasteiger partial charge in [0.2, 0.25) is 5.88 Å². The van der Waals surface area contributed by atoms with Crippen molar-refractivity contribution in [3.8, 4) is 11.6 Å². The van der Waals surface area contributed by atoms with Crippen LogP contribution < -0.4 is 4.74 Å². The Kier molecular flexibility index (Phi) is 3.18. The Morgan fingerprint density at radius 2 is 1.61 bits per heavy atom. The van der Waals surface area contributed by atoms with Crippen molar-refractivity contribution in [1.29, 1.82) is 0 Å². The minimum atomic E-state index is -4.43. The highest BCUT2D eigenvalue weighted by molar-refractivity contribution is 5.28. The zero-order chi connectivity index (χ0) is 13.2. The van der Waals surface area contributed by atoms with Gasteiger partial charge in [-0.1, -0.05) is 0 Å². The summed E-state index contributed by atoms with van der Waals surface area (Å²) in [6.07, 6.45) is -3.75. The van der Waals surface area contributed by atoms with E-state index in [4.69, 9.17) is 4.74 Å². The molecule has 0 atom stereocenters. The number of rotatable bonds is 2. The monoisotopic (exact) mass is 257 g/mol. The van der Waals surface area contributed by atoms with Crippen LogP contribution in [-0.2, 0) is 6.18 Å². The summed E-state index contributed by atoms with van der Waals surface area (Å²) in [5, 5.41) is 0. The van der Waals surface area contributed by atoms with Crippen molar-refractivity contribution in [2.75, 3.05) is 0 Å². The topological polar surface area (TPSA) is 22.1 Å². The van der Waals surface area contributed by atoms with Gasteiger partial charge in [0, 0.05) is 12.3 Å². The molecule has 2 aromatic rings. The lowest BCUT2D eigenvalue weighted by Crippen LogP contribution is -2.05. The lowest BCUT2D eigenvalue weighted by Gasteiger charge is -2.07. The van der Waals surface area contributed by atoms with Crippen molar-refractivity contribution in [2.45, 2.75) is 6.18 Å². The summed E-state index contributed by atoms with van der Waals surface area (Å²) in [6.45, 7) is 0. The van der Waals surface area contributed by atoms with Crippen molar-refractivity contribution in [3.05, 3.63) is 54.0 Å². The highest BCUT2D eigenvalue weighted by atomic mass is 19.4. The van der Waals surface area contributed by atoms with E-state index in [2.05, 4.69) is 4.98 Å². The van der Waals surface area contributed by atoms with E-state index in [1.54, 1.807) is 0 Å². The first-order valence-electron chi connectivity index (χ1n) is 4.92. The molecule has 18 heavy (non-hydrogen) atoms. The molecule has 2 nitrogen and oxygen atoms in total. The molecule has 0 aliphatic carbocycles. The highest BCUT2D eigenvalue weighted by Gasteiger charge is 2.30. The van der Waals surface area contributed by atoms with Crippen molar-refractivity contribution in [3.63, 3.8) is 0 Å². The largest absolute Gasteiger partial charge is 0.439 e. The second-order valence-electron chi connectivity index (χ2n) is 3.44. The van der Waals surface area contributed by atoms with E-state index >= 15 is 0 Å². The average Bonchev–Trinajstić information content (AvgIpc) is 2.32. The molecule has 0 spiro atoms. The van der Waals surface area contributed by atoms with Crippen molar-refractivity contribution in [1.82, 2.24) is 4.98 Å². The fraction of sp³-hybridized carbons (Fsp3) is 0.0833. The maximum atomic E-state index is 12.6. The van der Waals surface area contributed by atoms with Gasteiger partial charge in [0.15, 0.2) is 0 Å². The van der Waals surface area contributed by atoms with E-state index in [1.807, 2.05) is 0 Å². The normalized spacial score (nSPS) is 11.3. The molecule has 0 saturated carbocycles. The molecule has 0 bridgehead atoms. The molecule has 0 amide bonds. The standard InChI is InChI=1S/C12H7F4NO/c13-9-2-4-10(5-3-9)18-11-6-1-8(7-17-11)12(14,15)16/h1-7H. The van der Waals surface area contributed by atoms with Gasteiger partial charge in [-0.05, 0) is 30.3 Å². The van der Waals surface area contributed by atoms with Gasteiger partial charge in [0.1, 0.15) is 11.6 Å². The molecule has 2 rings (SSSR count). The SMILES string of the molecule is Fc1ccc(Oc2ccc(C(F)(F)F)cn2)cc1. The van der Waals surface area contributed by atoms with Crippen LogP contribution in [-0.4, -0.2) is 4.98 Å². The van der Waals surface area contributed by atoms with Crippen LogP contribution in [0, 0.1) is 5.82 Å². The Labute approximate surface area is 99.8 Å². The van der Waals surface area contributed by atoms with E-state index in [1.165, 1.54) is 24.3 Å². The highest BCUT2D eigenvalue weighted by Crippen LogP contribution is 2.29. The summed E-state index contributed by atoms with van der Waals surface area (Å²) in [4.78, 5) is 3.53. The zero-order valence-corrected chi connectivity index (χ0v) is 8.91.